The van der Waals surface area contributed by atoms with Crippen LogP contribution in [0.1, 0.15) is 10.4 Å². The van der Waals surface area contributed by atoms with Crippen LogP contribution >= 0.6 is 23.2 Å². The van der Waals surface area contributed by atoms with E-state index >= 15 is 0 Å². The largest absolute Gasteiger partial charge is 0.478 e. The summed E-state index contributed by atoms with van der Waals surface area (Å²) in [7, 11) is 0.573. The summed E-state index contributed by atoms with van der Waals surface area (Å²) in [6.07, 6.45) is 3.09. The molecule has 0 aliphatic carbocycles. The van der Waals surface area contributed by atoms with Crippen LogP contribution in [0.25, 0.3) is 33.5 Å². The molecule has 0 spiro atoms. The number of hydrogen-bond acceptors (Lipinski definition) is 5. The predicted molar refractivity (Wildman–Crippen MR) is 128 cm³/mol. The lowest BCUT2D eigenvalue weighted by atomic mass is 10.1. The summed E-state index contributed by atoms with van der Waals surface area (Å²) >= 11 is 12.4. The van der Waals surface area contributed by atoms with Gasteiger partial charge in [0.1, 0.15) is 29.2 Å². The predicted octanol–water partition coefficient (Wildman–Crippen LogP) is 5.30. The van der Waals surface area contributed by atoms with Crippen molar-refractivity contribution < 1.29 is 14.6 Å². The Kier molecular flexibility index (Phi) is 6.02. The van der Waals surface area contributed by atoms with Crippen molar-refractivity contribution in [1.82, 2.24) is 24.3 Å². The number of aromatic nitrogens is 5. The van der Waals surface area contributed by atoms with Gasteiger partial charge in [0.05, 0.1) is 21.8 Å². The van der Waals surface area contributed by atoms with E-state index in [-0.39, 0.29) is 17.8 Å². The minimum Gasteiger partial charge on any atom is -0.478 e. The SMILES string of the molecule is Cn1nc(-c2cnc3c(n2)c(C(=O)O)cn3COCC[Si](C)(C)C)c2cc(Cl)c(Cl)cc21. The van der Waals surface area contributed by atoms with Crippen molar-refractivity contribution in [2.45, 2.75) is 32.4 Å². The van der Waals surface area contributed by atoms with Gasteiger partial charge in [-0.1, -0.05) is 42.8 Å². The zero-order valence-corrected chi connectivity index (χ0v) is 20.7. The number of benzene rings is 1. The number of rotatable bonds is 7. The Morgan fingerprint density at radius 2 is 1.94 bits per heavy atom. The van der Waals surface area contributed by atoms with Gasteiger partial charge < -0.3 is 14.4 Å². The summed E-state index contributed by atoms with van der Waals surface area (Å²) in [5.41, 5.74) is 2.56. The number of fused-ring (bicyclic) bond motifs is 2. The third-order valence-electron chi connectivity index (χ3n) is 5.16. The van der Waals surface area contributed by atoms with Crippen molar-refractivity contribution >= 4 is 59.3 Å². The Labute approximate surface area is 195 Å². The number of aryl methyl sites for hydroxylation is 1. The highest BCUT2D eigenvalue weighted by atomic mass is 35.5. The van der Waals surface area contributed by atoms with Crippen molar-refractivity contribution in [1.29, 1.82) is 0 Å². The third-order valence-corrected chi connectivity index (χ3v) is 7.58. The summed E-state index contributed by atoms with van der Waals surface area (Å²) in [5, 5.41) is 15.8. The van der Waals surface area contributed by atoms with E-state index < -0.39 is 14.0 Å². The van der Waals surface area contributed by atoms with E-state index in [0.717, 1.165) is 16.9 Å². The Morgan fingerprint density at radius 1 is 1.22 bits per heavy atom. The molecular formula is C21H23Cl2N5O3Si. The second-order valence-corrected chi connectivity index (χ2v) is 15.3. The fraction of sp³-hybridized carbons (Fsp3) is 0.333. The smallest absolute Gasteiger partial charge is 0.339 e. The van der Waals surface area contributed by atoms with Crippen LogP contribution in [0.3, 0.4) is 0 Å². The lowest BCUT2D eigenvalue weighted by molar-refractivity contribution is 0.0696. The van der Waals surface area contributed by atoms with Gasteiger partial charge in [0.25, 0.3) is 0 Å². The molecule has 0 saturated carbocycles. The third kappa shape index (κ3) is 4.38. The van der Waals surface area contributed by atoms with E-state index in [9.17, 15) is 9.90 Å². The Bertz CT molecular complexity index is 1340. The summed E-state index contributed by atoms with van der Waals surface area (Å²) in [4.78, 5) is 21.0. The molecule has 3 aromatic heterocycles. The minimum absolute atomic E-state index is 0.0597. The Balaban J connectivity index is 1.75. The molecule has 8 nitrogen and oxygen atoms in total. The molecule has 4 rings (SSSR count). The molecule has 1 N–H and O–H groups in total. The molecule has 0 bridgehead atoms. The van der Waals surface area contributed by atoms with Crippen LogP contribution in [0, 0.1) is 0 Å². The number of ether oxygens (including phenoxy) is 1. The van der Waals surface area contributed by atoms with Crippen LogP contribution in [0.5, 0.6) is 0 Å². The lowest BCUT2D eigenvalue weighted by Gasteiger charge is -2.15. The quantitative estimate of drug-likeness (QED) is 0.278. The molecule has 0 saturated heterocycles. The van der Waals surface area contributed by atoms with Crippen LogP contribution in [0.4, 0.5) is 0 Å². The highest BCUT2D eigenvalue weighted by Gasteiger charge is 2.21. The molecule has 168 valence electrons. The number of aromatic carboxylic acids is 1. The summed E-state index contributed by atoms with van der Waals surface area (Å²) in [6, 6.07) is 4.48. The maximum Gasteiger partial charge on any atom is 0.339 e. The van der Waals surface area contributed by atoms with Gasteiger partial charge in [-0.3, -0.25) is 4.68 Å². The number of carbonyl (C=O) groups is 1. The van der Waals surface area contributed by atoms with Crippen LogP contribution in [-0.2, 0) is 18.5 Å². The molecule has 32 heavy (non-hydrogen) atoms. The number of nitrogens with zero attached hydrogens (tertiary/aromatic N) is 5. The van der Waals surface area contributed by atoms with Crippen LogP contribution in [0.15, 0.2) is 24.5 Å². The number of hydrogen-bond donors (Lipinski definition) is 1. The summed E-state index contributed by atoms with van der Waals surface area (Å²) in [6.45, 7) is 7.66. The molecule has 0 fully saturated rings. The first-order chi connectivity index (χ1) is 15.0. The van der Waals surface area contributed by atoms with E-state index in [4.69, 9.17) is 27.9 Å². The van der Waals surface area contributed by atoms with Crippen molar-refractivity contribution in [3.05, 3.63) is 40.1 Å². The minimum atomic E-state index is -1.22. The van der Waals surface area contributed by atoms with E-state index in [0.29, 0.717) is 33.7 Å². The standard InChI is InChI=1S/C21H23Cl2N5O3Si/c1-27-17-8-15(23)14(22)7-12(17)18(26-27)16-9-24-20-19(25-16)13(21(29)30)10-28(20)11-31-5-6-32(2,3)4/h7-10H,5-6,11H2,1-4H3,(H,29,30). The van der Waals surface area contributed by atoms with Gasteiger partial charge >= 0.3 is 5.97 Å². The fourth-order valence-corrected chi connectivity index (χ4v) is 4.48. The van der Waals surface area contributed by atoms with E-state index in [1.165, 1.54) is 6.20 Å². The van der Waals surface area contributed by atoms with Gasteiger partial charge in [-0.15, -0.1) is 0 Å². The summed E-state index contributed by atoms with van der Waals surface area (Å²) < 4.78 is 9.14. The first kappa shape index (κ1) is 22.7. The van der Waals surface area contributed by atoms with E-state index in [1.807, 2.05) is 0 Å². The second kappa shape index (κ2) is 8.47. The number of carboxylic acid groups (broad SMARTS) is 1. The van der Waals surface area contributed by atoms with E-state index in [2.05, 4.69) is 34.7 Å². The maximum atomic E-state index is 11.9. The number of halogens is 2. The highest BCUT2D eigenvalue weighted by molar-refractivity contribution is 6.76. The van der Waals surface area contributed by atoms with Crippen LogP contribution < -0.4 is 0 Å². The first-order valence-corrected chi connectivity index (χ1v) is 14.5. The van der Waals surface area contributed by atoms with E-state index in [1.54, 1.807) is 34.6 Å². The van der Waals surface area contributed by atoms with Crippen molar-refractivity contribution in [2.24, 2.45) is 7.05 Å². The monoisotopic (exact) mass is 491 g/mol. The normalized spacial score (nSPS) is 12.2. The van der Waals surface area contributed by atoms with Gasteiger partial charge in [0.15, 0.2) is 5.65 Å². The van der Waals surface area contributed by atoms with Crippen molar-refractivity contribution in [3.63, 3.8) is 0 Å². The number of carboxylic acids is 1. The zero-order chi connectivity index (χ0) is 23.2. The highest BCUT2D eigenvalue weighted by Crippen LogP contribution is 2.33. The topological polar surface area (TPSA) is 95.1 Å². The molecule has 0 radical (unpaired) electrons. The van der Waals surface area contributed by atoms with Crippen molar-refractivity contribution in [3.8, 4) is 11.4 Å². The molecular weight excluding hydrogens is 469 g/mol. The molecule has 0 atom stereocenters. The fourth-order valence-electron chi connectivity index (χ4n) is 3.40. The molecule has 4 aromatic rings. The Morgan fingerprint density at radius 3 is 2.62 bits per heavy atom. The Hall–Kier alpha value is -2.46. The van der Waals surface area contributed by atoms with Gasteiger partial charge in [-0.05, 0) is 18.2 Å². The van der Waals surface area contributed by atoms with Crippen LogP contribution in [-0.4, -0.2) is 50.1 Å². The first-order valence-electron chi connectivity index (χ1n) is 10.0. The molecule has 3 heterocycles. The van der Waals surface area contributed by atoms with Gasteiger partial charge in [0.2, 0.25) is 0 Å². The van der Waals surface area contributed by atoms with Crippen LogP contribution in [0.2, 0.25) is 35.7 Å². The second-order valence-electron chi connectivity index (χ2n) is 8.85. The average molecular weight is 492 g/mol. The molecule has 0 aliphatic rings. The molecule has 0 aliphatic heterocycles. The van der Waals surface area contributed by atoms with Gasteiger partial charge in [-0.25, -0.2) is 14.8 Å². The van der Waals surface area contributed by atoms with Gasteiger partial charge in [0, 0.05) is 33.3 Å². The maximum absolute atomic E-state index is 11.9. The molecule has 1 aromatic carbocycles. The molecule has 0 amide bonds. The van der Waals surface area contributed by atoms with Gasteiger partial charge in [-0.2, -0.15) is 5.10 Å². The lowest BCUT2D eigenvalue weighted by Crippen LogP contribution is -2.22. The zero-order valence-electron chi connectivity index (χ0n) is 18.2. The summed E-state index contributed by atoms with van der Waals surface area (Å²) in [5.74, 6) is -1.08. The average Bonchev–Trinajstić information content (AvgIpc) is 3.23. The van der Waals surface area contributed by atoms with Crippen molar-refractivity contribution in [2.75, 3.05) is 6.61 Å². The molecule has 11 heteroatoms. The molecule has 0 unspecified atom stereocenters.